The van der Waals surface area contributed by atoms with Crippen LogP contribution in [0.5, 0.6) is 0 Å². The topological polar surface area (TPSA) is 32.6 Å². The Morgan fingerprint density at radius 3 is 2.54 bits per heavy atom. The molecule has 1 fully saturated rings. The van der Waals surface area contributed by atoms with Gasteiger partial charge in [0.25, 0.3) is 0 Å². The van der Waals surface area contributed by atoms with Gasteiger partial charge in [0.1, 0.15) is 0 Å². The van der Waals surface area contributed by atoms with Gasteiger partial charge in [-0.1, -0.05) is 37.8 Å². The summed E-state index contributed by atoms with van der Waals surface area (Å²) in [5.74, 6) is 0.900. The van der Waals surface area contributed by atoms with Gasteiger partial charge in [-0.2, -0.15) is 0 Å². The van der Waals surface area contributed by atoms with Crippen LogP contribution in [0, 0.1) is 5.92 Å². The first-order valence-corrected chi connectivity index (χ1v) is 5.56. The van der Waals surface area contributed by atoms with Crippen molar-refractivity contribution in [2.75, 3.05) is 0 Å². The van der Waals surface area contributed by atoms with Crippen molar-refractivity contribution in [3.8, 4) is 0 Å². The van der Waals surface area contributed by atoms with Crippen LogP contribution in [0.2, 0.25) is 0 Å². The molecule has 0 unspecified atom stereocenters. The number of nitrogens with zero attached hydrogens (tertiary/aromatic N) is 1. The van der Waals surface area contributed by atoms with Gasteiger partial charge in [0.2, 0.25) is 0 Å². The molecule has 2 nitrogen and oxygen atoms in total. The van der Waals surface area contributed by atoms with Crippen LogP contribution in [0.25, 0.3) is 0 Å². The van der Waals surface area contributed by atoms with E-state index in [4.69, 9.17) is 5.21 Å². The fraction of sp³-hybridized carbons (Fsp3) is 0.909. The van der Waals surface area contributed by atoms with E-state index in [1.807, 2.05) is 0 Å². The molecule has 1 saturated carbocycles. The quantitative estimate of drug-likeness (QED) is 0.403. The Labute approximate surface area is 81.0 Å². The molecule has 0 atom stereocenters. The smallest absolute Gasteiger partial charge is 0.0571 e. The van der Waals surface area contributed by atoms with E-state index in [1.54, 1.807) is 0 Å². The molecule has 0 heterocycles. The summed E-state index contributed by atoms with van der Waals surface area (Å²) in [6.07, 6.45) is 9.97. The zero-order chi connectivity index (χ0) is 9.52. The Morgan fingerprint density at radius 2 is 2.00 bits per heavy atom. The molecule has 0 aromatic rings. The minimum Gasteiger partial charge on any atom is -0.411 e. The van der Waals surface area contributed by atoms with Crippen molar-refractivity contribution in [2.24, 2.45) is 11.1 Å². The van der Waals surface area contributed by atoms with Crippen LogP contribution >= 0.6 is 0 Å². The lowest BCUT2D eigenvalue weighted by Crippen LogP contribution is -2.14. The van der Waals surface area contributed by atoms with Crippen molar-refractivity contribution in [2.45, 2.75) is 58.3 Å². The lowest BCUT2D eigenvalue weighted by Gasteiger charge is -2.21. The number of hydrogen-bond donors (Lipinski definition) is 1. The molecule has 1 aliphatic carbocycles. The molecular weight excluding hydrogens is 162 g/mol. The van der Waals surface area contributed by atoms with Gasteiger partial charge in [-0.05, 0) is 31.6 Å². The Bertz CT molecular complexity index is 155. The minimum absolute atomic E-state index is 0.900. The van der Waals surface area contributed by atoms with Crippen LogP contribution in [0.1, 0.15) is 58.3 Å². The minimum atomic E-state index is 0.900. The van der Waals surface area contributed by atoms with E-state index >= 15 is 0 Å². The molecule has 76 valence electrons. The maximum Gasteiger partial charge on any atom is 0.0571 e. The van der Waals surface area contributed by atoms with Crippen molar-refractivity contribution in [1.82, 2.24) is 0 Å². The summed E-state index contributed by atoms with van der Waals surface area (Å²) < 4.78 is 0. The Morgan fingerprint density at radius 1 is 1.31 bits per heavy atom. The first-order valence-electron chi connectivity index (χ1n) is 5.56. The molecule has 2 heteroatoms. The lowest BCUT2D eigenvalue weighted by atomic mass is 9.84. The predicted molar refractivity (Wildman–Crippen MR) is 55.3 cm³/mol. The van der Waals surface area contributed by atoms with Gasteiger partial charge >= 0.3 is 0 Å². The maximum absolute atomic E-state index is 8.58. The molecule has 13 heavy (non-hydrogen) atoms. The van der Waals surface area contributed by atoms with Crippen molar-refractivity contribution in [3.05, 3.63) is 0 Å². The van der Waals surface area contributed by atoms with Crippen molar-refractivity contribution < 1.29 is 5.21 Å². The second-order valence-corrected chi connectivity index (χ2v) is 4.11. The fourth-order valence-electron chi connectivity index (χ4n) is 2.08. The van der Waals surface area contributed by atoms with Gasteiger partial charge in [-0.3, -0.25) is 0 Å². The summed E-state index contributed by atoms with van der Waals surface area (Å²) in [5, 5.41) is 11.9. The van der Waals surface area contributed by atoms with Gasteiger partial charge in [0.15, 0.2) is 0 Å². The van der Waals surface area contributed by atoms with Crippen LogP contribution in [0.15, 0.2) is 5.16 Å². The summed E-state index contributed by atoms with van der Waals surface area (Å²) in [4.78, 5) is 0. The largest absolute Gasteiger partial charge is 0.411 e. The van der Waals surface area contributed by atoms with E-state index in [-0.39, 0.29) is 0 Å². The summed E-state index contributed by atoms with van der Waals surface area (Å²) in [7, 11) is 0. The number of oxime groups is 1. The highest BCUT2D eigenvalue weighted by Gasteiger charge is 2.16. The maximum atomic E-state index is 8.58. The summed E-state index contributed by atoms with van der Waals surface area (Å²) in [6.45, 7) is 2.25. The van der Waals surface area contributed by atoms with Crippen LogP contribution in [-0.4, -0.2) is 10.9 Å². The first kappa shape index (κ1) is 10.6. The third kappa shape index (κ3) is 3.79. The standard InChI is InChI=1S/C11H21NO/c1-2-3-4-5-10-6-8-11(12-13)9-7-10/h10,13H,2-9H2,1H3. The van der Waals surface area contributed by atoms with Gasteiger partial charge in [-0.25, -0.2) is 0 Å². The third-order valence-corrected chi connectivity index (χ3v) is 3.04. The zero-order valence-corrected chi connectivity index (χ0v) is 8.63. The second-order valence-electron chi connectivity index (χ2n) is 4.11. The Hall–Kier alpha value is -0.530. The van der Waals surface area contributed by atoms with Gasteiger partial charge in [-0.15, -0.1) is 0 Å². The van der Waals surface area contributed by atoms with Crippen molar-refractivity contribution in [1.29, 1.82) is 0 Å². The van der Waals surface area contributed by atoms with Gasteiger partial charge in [0, 0.05) is 0 Å². The Kier molecular flexibility index (Phi) is 4.87. The fourth-order valence-corrected chi connectivity index (χ4v) is 2.08. The zero-order valence-electron chi connectivity index (χ0n) is 8.63. The SMILES string of the molecule is CCCCCC1CCC(=NO)CC1. The molecule has 0 saturated heterocycles. The molecule has 0 radical (unpaired) electrons. The van der Waals surface area contributed by atoms with Crippen molar-refractivity contribution in [3.63, 3.8) is 0 Å². The highest BCUT2D eigenvalue weighted by atomic mass is 16.4. The number of unbranched alkanes of at least 4 members (excludes halogenated alkanes) is 2. The van der Waals surface area contributed by atoms with E-state index in [0.717, 1.165) is 24.5 Å². The predicted octanol–water partition coefficient (Wildman–Crippen LogP) is 3.59. The normalized spacial score (nSPS) is 23.2. The second kappa shape index (κ2) is 6.01. The number of hydrogen-bond acceptors (Lipinski definition) is 2. The molecule has 0 aromatic carbocycles. The highest BCUT2D eigenvalue weighted by Crippen LogP contribution is 2.26. The van der Waals surface area contributed by atoms with Crippen LogP contribution in [-0.2, 0) is 0 Å². The lowest BCUT2D eigenvalue weighted by molar-refractivity contribution is 0.308. The summed E-state index contributed by atoms with van der Waals surface area (Å²) in [6, 6.07) is 0. The van der Waals surface area contributed by atoms with E-state index in [9.17, 15) is 0 Å². The van der Waals surface area contributed by atoms with Crippen LogP contribution in [0.4, 0.5) is 0 Å². The Balaban J connectivity index is 2.10. The van der Waals surface area contributed by atoms with E-state index in [0.29, 0.717) is 0 Å². The van der Waals surface area contributed by atoms with Crippen LogP contribution in [0.3, 0.4) is 0 Å². The van der Waals surface area contributed by atoms with E-state index in [1.165, 1.54) is 38.5 Å². The summed E-state index contributed by atoms with van der Waals surface area (Å²) in [5.41, 5.74) is 1.01. The molecule has 1 N–H and O–H groups in total. The van der Waals surface area contributed by atoms with E-state index < -0.39 is 0 Å². The van der Waals surface area contributed by atoms with E-state index in [2.05, 4.69) is 12.1 Å². The molecule has 1 rings (SSSR count). The van der Waals surface area contributed by atoms with Crippen LogP contribution < -0.4 is 0 Å². The highest BCUT2D eigenvalue weighted by molar-refractivity contribution is 5.84. The van der Waals surface area contributed by atoms with Gasteiger partial charge < -0.3 is 5.21 Å². The third-order valence-electron chi connectivity index (χ3n) is 3.04. The average molecular weight is 183 g/mol. The molecule has 0 spiro atoms. The summed E-state index contributed by atoms with van der Waals surface area (Å²) >= 11 is 0. The first-order chi connectivity index (χ1) is 6.36. The van der Waals surface area contributed by atoms with Gasteiger partial charge in [0.05, 0.1) is 5.71 Å². The average Bonchev–Trinajstić information content (AvgIpc) is 2.19. The van der Waals surface area contributed by atoms with Crippen molar-refractivity contribution >= 4 is 5.71 Å². The molecule has 1 aliphatic rings. The molecule has 0 aromatic heterocycles. The monoisotopic (exact) mass is 183 g/mol. The molecule has 0 amide bonds. The molecule has 0 bridgehead atoms. The molecular formula is C11H21NO. The number of rotatable bonds is 4. The molecule has 0 aliphatic heterocycles.